The molecule has 0 saturated heterocycles. The summed E-state index contributed by atoms with van der Waals surface area (Å²) >= 11 is 0. The van der Waals surface area contributed by atoms with Crippen molar-refractivity contribution in [3.63, 3.8) is 0 Å². The molecule has 0 spiro atoms. The Morgan fingerprint density at radius 3 is 2.31 bits per heavy atom. The Labute approximate surface area is 211 Å². The fourth-order valence-electron chi connectivity index (χ4n) is 11.6. The maximum absolute atomic E-state index is 11.8. The quantitative estimate of drug-likeness (QED) is 0.366. The van der Waals surface area contributed by atoms with E-state index in [0.29, 0.717) is 23.7 Å². The van der Waals surface area contributed by atoms with Gasteiger partial charge >= 0.3 is 0 Å². The lowest BCUT2D eigenvalue weighted by Gasteiger charge is -2.72. The average molecular weight is 483 g/mol. The Kier molecular flexibility index (Phi) is 5.90. The molecule has 2 N–H and O–H groups in total. The van der Waals surface area contributed by atoms with Crippen molar-refractivity contribution in [2.75, 3.05) is 13.2 Å². The van der Waals surface area contributed by atoms with Gasteiger partial charge in [-0.2, -0.15) is 10.2 Å². The second-order valence-corrected chi connectivity index (χ2v) is 14.2. The van der Waals surface area contributed by atoms with Crippen LogP contribution in [0.5, 0.6) is 0 Å². The summed E-state index contributed by atoms with van der Waals surface area (Å²) in [5.74, 6) is 1.88. The molecule has 0 heterocycles. The first-order valence-electron chi connectivity index (χ1n) is 14.1. The summed E-state index contributed by atoms with van der Waals surface area (Å²) in [4.78, 5) is 11.8. The van der Waals surface area contributed by atoms with Gasteiger partial charge in [-0.15, -0.1) is 0 Å². The number of nitroso groups, excluding NO2 is 1. The fourth-order valence-corrected chi connectivity index (χ4v) is 11.6. The third-order valence-corrected chi connectivity index (χ3v) is 13.6. The van der Waals surface area contributed by atoms with Gasteiger partial charge in [0.2, 0.25) is 0 Å². The first-order valence-corrected chi connectivity index (χ1v) is 14.1. The molecule has 0 aromatic carbocycles. The highest BCUT2D eigenvalue weighted by Gasteiger charge is 2.71. The van der Waals surface area contributed by atoms with Crippen molar-refractivity contribution < 1.29 is 10.2 Å². The van der Waals surface area contributed by atoms with Crippen molar-refractivity contribution >= 4 is 0 Å². The smallest absolute Gasteiger partial charge is 0.0998 e. The van der Waals surface area contributed by atoms with Crippen LogP contribution in [-0.4, -0.2) is 29.5 Å². The van der Waals surface area contributed by atoms with Gasteiger partial charge in [-0.1, -0.05) is 39.5 Å². The molecule has 0 aliphatic heterocycles. The van der Waals surface area contributed by atoms with E-state index in [-0.39, 0.29) is 46.8 Å². The summed E-state index contributed by atoms with van der Waals surface area (Å²) in [7, 11) is 0. The molecule has 5 fully saturated rings. The van der Waals surface area contributed by atoms with E-state index in [1.54, 1.807) is 0 Å². The molecule has 5 nitrogen and oxygen atoms in total. The summed E-state index contributed by atoms with van der Waals surface area (Å²) in [6.07, 6.45) is 10.2. The molecule has 0 bridgehead atoms. The van der Waals surface area contributed by atoms with Crippen LogP contribution in [0.25, 0.3) is 0 Å². The Morgan fingerprint density at radius 2 is 1.69 bits per heavy atom. The van der Waals surface area contributed by atoms with E-state index >= 15 is 0 Å². The van der Waals surface area contributed by atoms with E-state index in [4.69, 9.17) is 0 Å². The molecule has 5 rings (SSSR count). The second-order valence-electron chi connectivity index (χ2n) is 14.2. The molecule has 2 unspecified atom stereocenters. The Hall–Kier alpha value is -1.25. The van der Waals surface area contributed by atoms with Crippen molar-refractivity contribution in [2.45, 2.75) is 97.9 Å². The maximum Gasteiger partial charge on any atom is 0.0998 e. The third kappa shape index (κ3) is 2.99. The van der Waals surface area contributed by atoms with Gasteiger partial charge in [0.05, 0.1) is 30.7 Å². The number of rotatable bonds is 4. The number of nitrogens with zero attached hydrogens (tertiary/aromatic N) is 2. The van der Waals surface area contributed by atoms with Crippen molar-refractivity contribution in [1.82, 2.24) is 0 Å². The van der Waals surface area contributed by atoms with Gasteiger partial charge in [0.25, 0.3) is 0 Å². The van der Waals surface area contributed by atoms with Gasteiger partial charge in [0.1, 0.15) is 0 Å². The van der Waals surface area contributed by atoms with E-state index < -0.39 is 5.41 Å². The van der Waals surface area contributed by atoms with Crippen LogP contribution in [0.15, 0.2) is 17.3 Å². The minimum atomic E-state index is -0.439. The Balaban J connectivity index is 1.55. The predicted octanol–water partition coefficient (Wildman–Crippen LogP) is 6.25. The van der Waals surface area contributed by atoms with Crippen LogP contribution in [0.4, 0.5) is 0 Å². The lowest BCUT2D eigenvalue weighted by molar-refractivity contribution is -0.239. The molecular formula is C30H46N2O3. The van der Waals surface area contributed by atoms with E-state index in [2.05, 4.69) is 45.5 Å². The van der Waals surface area contributed by atoms with Crippen LogP contribution in [0, 0.1) is 72.9 Å². The topological polar surface area (TPSA) is 93.7 Å². The van der Waals surface area contributed by atoms with Crippen molar-refractivity contribution in [3.05, 3.63) is 17.1 Å². The summed E-state index contributed by atoms with van der Waals surface area (Å²) in [5, 5.41) is 34.4. The highest BCUT2D eigenvalue weighted by Crippen LogP contribution is 2.77. The fraction of sp³-hybridized carbons (Fsp3) is 0.900. The lowest BCUT2D eigenvalue weighted by atomic mass is 9.32. The summed E-state index contributed by atoms with van der Waals surface area (Å²) in [5.41, 5.74) is 0.619. The average Bonchev–Trinajstić information content (AvgIpc) is 3.24. The van der Waals surface area contributed by atoms with Gasteiger partial charge in [0, 0.05) is 5.41 Å². The number of fused-ring (bicyclic) bond motifs is 7. The molecule has 5 saturated carbocycles. The van der Waals surface area contributed by atoms with E-state index in [1.807, 2.05) is 0 Å². The number of hydrogen-bond donors (Lipinski definition) is 2. The van der Waals surface area contributed by atoms with Gasteiger partial charge in [-0.3, -0.25) is 0 Å². The third-order valence-electron chi connectivity index (χ3n) is 13.6. The summed E-state index contributed by atoms with van der Waals surface area (Å²) in [6.45, 7) is 14.0. The van der Waals surface area contributed by atoms with E-state index in [0.717, 1.165) is 69.8 Å². The van der Waals surface area contributed by atoms with E-state index in [9.17, 15) is 20.4 Å². The molecule has 5 aliphatic carbocycles. The van der Waals surface area contributed by atoms with Crippen LogP contribution in [-0.2, 0) is 0 Å². The first-order chi connectivity index (χ1) is 16.5. The predicted molar refractivity (Wildman–Crippen MR) is 137 cm³/mol. The van der Waals surface area contributed by atoms with Gasteiger partial charge in [0.15, 0.2) is 0 Å². The van der Waals surface area contributed by atoms with Gasteiger partial charge < -0.3 is 10.2 Å². The van der Waals surface area contributed by atoms with Crippen LogP contribution in [0.1, 0.15) is 91.9 Å². The normalized spacial score (nSPS) is 55.0. The van der Waals surface area contributed by atoms with Gasteiger partial charge in [-0.25, -0.2) is 0 Å². The molecule has 5 heteroatoms. The first kappa shape index (κ1) is 25.4. The molecule has 35 heavy (non-hydrogen) atoms. The van der Waals surface area contributed by atoms with Crippen molar-refractivity contribution in [2.24, 2.45) is 61.8 Å². The molecule has 0 aromatic rings. The number of nitriles is 1. The molecule has 11 atom stereocenters. The van der Waals surface area contributed by atoms with Crippen LogP contribution in [0.3, 0.4) is 0 Å². The standard InChI is InChI=1S/C30H46N2O3/c1-19(16-33)20-8-13-30(17-31)15-14-28(4)21(25(20)30)6-7-23-26(2)11-10-24(32-35)27(3,18-34)22(26)9-12-29(23,28)5/h20-25,33-34H,1,6-16,18H2,2-5H3/t20-,21+,22+,23+,24?,25+,26-,27?,28+,29+,30+/m0/s1. The zero-order valence-electron chi connectivity index (χ0n) is 22.4. The lowest BCUT2D eigenvalue weighted by Crippen LogP contribution is -2.67. The van der Waals surface area contributed by atoms with Crippen LogP contribution in [0.2, 0.25) is 0 Å². The largest absolute Gasteiger partial charge is 0.396 e. The number of aliphatic hydroxyl groups is 2. The molecular weight excluding hydrogens is 436 g/mol. The maximum atomic E-state index is 11.8. The monoisotopic (exact) mass is 482 g/mol. The minimum Gasteiger partial charge on any atom is -0.396 e. The van der Waals surface area contributed by atoms with Crippen molar-refractivity contribution in [3.8, 4) is 6.07 Å². The molecule has 0 aromatic heterocycles. The zero-order valence-corrected chi connectivity index (χ0v) is 22.4. The Morgan fingerprint density at radius 1 is 0.943 bits per heavy atom. The zero-order chi connectivity index (χ0) is 25.4. The Bertz CT molecular complexity index is 944. The highest BCUT2D eigenvalue weighted by atomic mass is 16.3. The molecule has 5 aliphatic rings. The number of aliphatic hydroxyl groups excluding tert-OH is 2. The summed E-state index contributed by atoms with van der Waals surface area (Å²) in [6, 6.07) is 2.52. The van der Waals surface area contributed by atoms with Gasteiger partial charge in [-0.05, 0) is 116 Å². The molecule has 0 radical (unpaired) electrons. The number of hydrogen-bond acceptors (Lipinski definition) is 5. The minimum absolute atomic E-state index is 0.0252. The highest BCUT2D eigenvalue weighted by molar-refractivity contribution is 5.25. The van der Waals surface area contributed by atoms with Crippen molar-refractivity contribution in [1.29, 1.82) is 5.26 Å². The SMILES string of the molecule is C=C(CO)[C@@H]1CC[C@]2(C#N)CC[C@]3(C)[C@H](CC[C@@H]4[C@@]5(C)CCC(N=O)C(C)(CO)[C@@H]5CC[C@]43C)[C@@H]12. The van der Waals surface area contributed by atoms with Crippen LogP contribution >= 0.6 is 0 Å². The molecule has 194 valence electrons. The van der Waals surface area contributed by atoms with Crippen LogP contribution < -0.4 is 0 Å². The van der Waals surface area contributed by atoms with E-state index in [1.165, 1.54) is 0 Å². The molecule has 0 amide bonds. The second kappa shape index (κ2) is 8.12. The summed E-state index contributed by atoms with van der Waals surface area (Å²) < 4.78 is 0.